The lowest BCUT2D eigenvalue weighted by atomic mass is 10.1. The molecule has 0 aliphatic carbocycles. The number of aliphatic carboxylic acids is 1. The van der Waals surface area contributed by atoms with Gasteiger partial charge in [-0.2, -0.15) is 0 Å². The van der Waals surface area contributed by atoms with Gasteiger partial charge in [-0.25, -0.2) is 4.79 Å². The minimum Gasteiger partial charge on any atom is -0.480 e. The van der Waals surface area contributed by atoms with E-state index in [1.165, 1.54) is 0 Å². The molecule has 0 aromatic heterocycles. The van der Waals surface area contributed by atoms with Crippen LogP contribution in [0.1, 0.15) is 18.0 Å². The van der Waals surface area contributed by atoms with Crippen LogP contribution in [0.4, 0.5) is 0 Å². The second-order valence-electron chi connectivity index (χ2n) is 3.96. The second kappa shape index (κ2) is 6.50. The number of rotatable bonds is 6. The second-order valence-corrected chi connectivity index (χ2v) is 3.96. The summed E-state index contributed by atoms with van der Waals surface area (Å²) in [5.41, 5.74) is 11.2. The number of benzene rings is 1. The smallest absolute Gasteiger partial charge is 0.326 e. The van der Waals surface area contributed by atoms with Gasteiger partial charge in [0.1, 0.15) is 12.1 Å². The van der Waals surface area contributed by atoms with Crippen LogP contribution in [0.3, 0.4) is 0 Å². The van der Waals surface area contributed by atoms with Gasteiger partial charge < -0.3 is 21.9 Å². The van der Waals surface area contributed by atoms with E-state index in [0.717, 1.165) is 0 Å². The molecule has 2 atom stereocenters. The molecule has 102 valence electrons. The number of carboxylic acid groups (broad SMARTS) is 1. The van der Waals surface area contributed by atoms with Crippen molar-refractivity contribution in [2.24, 2.45) is 11.5 Å². The largest absolute Gasteiger partial charge is 0.480 e. The maximum Gasteiger partial charge on any atom is 0.326 e. The van der Waals surface area contributed by atoms with Crippen molar-refractivity contribution in [3.63, 3.8) is 0 Å². The Hall–Kier alpha value is -2.41. The third kappa shape index (κ3) is 4.40. The summed E-state index contributed by atoms with van der Waals surface area (Å²) in [4.78, 5) is 33.4. The quantitative estimate of drug-likeness (QED) is 0.530. The average molecular weight is 265 g/mol. The van der Waals surface area contributed by atoms with Crippen LogP contribution in [0.15, 0.2) is 30.3 Å². The van der Waals surface area contributed by atoms with E-state index in [9.17, 15) is 14.4 Å². The topological polar surface area (TPSA) is 136 Å². The summed E-state index contributed by atoms with van der Waals surface area (Å²) in [5, 5.41) is 11.0. The highest BCUT2D eigenvalue weighted by atomic mass is 16.4. The predicted molar refractivity (Wildman–Crippen MR) is 66.7 cm³/mol. The van der Waals surface area contributed by atoms with Crippen LogP contribution in [-0.4, -0.2) is 28.9 Å². The molecule has 2 unspecified atom stereocenters. The summed E-state index contributed by atoms with van der Waals surface area (Å²) in [6, 6.07) is 6.10. The van der Waals surface area contributed by atoms with Crippen LogP contribution in [-0.2, 0) is 14.4 Å². The number of carbonyl (C=O) groups is 3. The summed E-state index contributed by atoms with van der Waals surface area (Å²) in [5.74, 6) is -2.84. The third-order valence-corrected chi connectivity index (χ3v) is 2.46. The molecule has 0 bridgehead atoms. The normalized spacial score (nSPS) is 13.3. The van der Waals surface area contributed by atoms with E-state index >= 15 is 0 Å². The highest BCUT2D eigenvalue weighted by Gasteiger charge is 2.25. The number of hydrogen-bond donors (Lipinski definition) is 4. The molecular weight excluding hydrogens is 250 g/mol. The number of hydrogen-bond acceptors (Lipinski definition) is 4. The summed E-state index contributed by atoms with van der Waals surface area (Å²) < 4.78 is 0. The average Bonchev–Trinajstić information content (AvgIpc) is 2.37. The fourth-order valence-corrected chi connectivity index (χ4v) is 1.47. The number of primary amides is 1. The first-order valence-corrected chi connectivity index (χ1v) is 5.54. The zero-order valence-corrected chi connectivity index (χ0v) is 10.1. The maximum atomic E-state index is 11.8. The van der Waals surface area contributed by atoms with Gasteiger partial charge in [-0.15, -0.1) is 0 Å². The maximum absolute atomic E-state index is 11.8. The van der Waals surface area contributed by atoms with Crippen LogP contribution >= 0.6 is 0 Å². The molecule has 19 heavy (non-hydrogen) atoms. The number of amides is 2. The molecule has 7 heteroatoms. The van der Waals surface area contributed by atoms with E-state index < -0.39 is 36.3 Å². The van der Waals surface area contributed by atoms with Crippen molar-refractivity contribution in [1.82, 2.24) is 5.32 Å². The van der Waals surface area contributed by atoms with Crippen molar-refractivity contribution in [3.05, 3.63) is 35.9 Å². The number of nitrogens with one attached hydrogen (secondary N) is 1. The Labute approximate surface area is 109 Å². The van der Waals surface area contributed by atoms with Crippen LogP contribution in [0.2, 0.25) is 0 Å². The molecule has 1 aromatic rings. The first-order valence-electron chi connectivity index (χ1n) is 5.54. The highest BCUT2D eigenvalue weighted by molar-refractivity contribution is 5.90. The van der Waals surface area contributed by atoms with Gasteiger partial charge in [0.05, 0.1) is 6.42 Å². The van der Waals surface area contributed by atoms with E-state index in [2.05, 4.69) is 5.32 Å². The summed E-state index contributed by atoms with van der Waals surface area (Å²) in [7, 11) is 0. The minimum absolute atomic E-state index is 0.484. The molecule has 0 aliphatic heterocycles. The summed E-state index contributed by atoms with van der Waals surface area (Å²) in [6.45, 7) is 0. The lowest BCUT2D eigenvalue weighted by Crippen LogP contribution is -2.46. The van der Waals surface area contributed by atoms with Gasteiger partial charge in [-0.3, -0.25) is 9.59 Å². The molecular formula is C12H15N3O4. The van der Waals surface area contributed by atoms with Gasteiger partial charge in [0.15, 0.2) is 0 Å². The SMILES string of the molecule is NC(=O)CC(NC(=O)C(N)c1ccccc1)C(=O)O. The monoisotopic (exact) mass is 265 g/mol. The van der Waals surface area contributed by atoms with Gasteiger partial charge in [0.25, 0.3) is 0 Å². The Morgan fingerprint density at radius 3 is 2.26 bits per heavy atom. The lowest BCUT2D eigenvalue weighted by molar-refractivity contribution is -0.143. The van der Waals surface area contributed by atoms with Crippen LogP contribution in [0, 0.1) is 0 Å². The van der Waals surface area contributed by atoms with Crippen molar-refractivity contribution in [2.75, 3.05) is 0 Å². The molecule has 2 amide bonds. The fraction of sp³-hybridized carbons (Fsp3) is 0.250. The molecule has 0 heterocycles. The third-order valence-electron chi connectivity index (χ3n) is 2.46. The Balaban J connectivity index is 2.72. The minimum atomic E-state index is -1.38. The molecule has 0 spiro atoms. The van der Waals surface area contributed by atoms with Crippen molar-refractivity contribution in [1.29, 1.82) is 0 Å². The molecule has 0 saturated carbocycles. The van der Waals surface area contributed by atoms with Gasteiger partial charge in [-0.1, -0.05) is 30.3 Å². The molecule has 1 rings (SSSR count). The Morgan fingerprint density at radius 2 is 1.79 bits per heavy atom. The van der Waals surface area contributed by atoms with Crippen LogP contribution < -0.4 is 16.8 Å². The van der Waals surface area contributed by atoms with Crippen molar-refractivity contribution >= 4 is 17.8 Å². The molecule has 0 saturated heterocycles. The molecule has 0 aliphatic rings. The molecule has 0 fully saturated rings. The molecule has 1 aromatic carbocycles. The fourth-order valence-electron chi connectivity index (χ4n) is 1.47. The lowest BCUT2D eigenvalue weighted by Gasteiger charge is -2.17. The van der Waals surface area contributed by atoms with Gasteiger partial charge in [-0.05, 0) is 5.56 Å². The van der Waals surface area contributed by atoms with Crippen molar-refractivity contribution in [3.8, 4) is 0 Å². The highest BCUT2D eigenvalue weighted by Crippen LogP contribution is 2.09. The Morgan fingerprint density at radius 1 is 1.21 bits per heavy atom. The zero-order chi connectivity index (χ0) is 14.4. The van der Waals surface area contributed by atoms with E-state index in [-0.39, 0.29) is 0 Å². The first kappa shape index (κ1) is 14.7. The molecule has 7 nitrogen and oxygen atoms in total. The first-order chi connectivity index (χ1) is 8.91. The number of nitrogens with two attached hydrogens (primary N) is 2. The van der Waals surface area contributed by atoms with Crippen LogP contribution in [0.5, 0.6) is 0 Å². The molecule has 0 radical (unpaired) electrons. The van der Waals surface area contributed by atoms with E-state index in [0.29, 0.717) is 5.56 Å². The summed E-state index contributed by atoms with van der Waals surface area (Å²) >= 11 is 0. The van der Waals surface area contributed by atoms with Crippen molar-refractivity contribution < 1.29 is 19.5 Å². The van der Waals surface area contributed by atoms with Crippen molar-refractivity contribution in [2.45, 2.75) is 18.5 Å². The standard InChI is InChI=1S/C12H15N3O4/c13-9(16)6-8(12(18)19)15-11(17)10(14)7-4-2-1-3-5-7/h1-5,8,10H,6,14H2,(H2,13,16)(H,15,17)(H,18,19). The van der Waals surface area contributed by atoms with Gasteiger partial charge in [0.2, 0.25) is 11.8 Å². The number of carboxylic acids is 1. The number of carbonyl (C=O) groups excluding carboxylic acids is 2. The Kier molecular flexibility index (Phi) is 5.01. The van der Waals surface area contributed by atoms with E-state index in [1.807, 2.05) is 0 Å². The van der Waals surface area contributed by atoms with Crippen LogP contribution in [0.25, 0.3) is 0 Å². The molecule has 6 N–H and O–H groups in total. The Bertz CT molecular complexity index is 475. The van der Waals surface area contributed by atoms with E-state index in [4.69, 9.17) is 16.6 Å². The van der Waals surface area contributed by atoms with Gasteiger partial charge in [0, 0.05) is 0 Å². The van der Waals surface area contributed by atoms with Gasteiger partial charge >= 0.3 is 5.97 Å². The van der Waals surface area contributed by atoms with E-state index in [1.54, 1.807) is 30.3 Å². The summed E-state index contributed by atoms with van der Waals surface area (Å²) in [6.07, 6.45) is -0.484. The predicted octanol–water partition coefficient (Wildman–Crippen LogP) is -0.869. The zero-order valence-electron chi connectivity index (χ0n) is 10.1.